The van der Waals surface area contributed by atoms with Crippen molar-refractivity contribution in [3.05, 3.63) is 66.2 Å². The summed E-state index contributed by atoms with van der Waals surface area (Å²) in [6.07, 6.45) is 0. The quantitative estimate of drug-likeness (QED) is 0.351. The molecule has 1 fully saturated rings. The maximum atomic E-state index is 12.7. The highest BCUT2D eigenvalue weighted by molar-refractivity contribution is 7.80. The third-order valence-corrected chi connectivity index (χ3v) is 5.96. The molecule has 0 aromatic heterocycles. The van der Waals surface area contributed by atoms with Crippen molar-refractivity contribution in [2.75, 3.05) is 18.1 Å². The molecule has 158 valence electrons. The summed E-state index contributed by atoms with van der Waals surface area (Å²) in [6, 6.07) is 19.9. The van der Waals surface area contributed by atoms with Crippen molar-refractivity contribution < 1.29 is 19.1 Å². The Morgan fingerprint density at radius 2 is 1.43 bits per heavy atom. The third-order valence-electron chi connectivity index (χ3n) is 5.49. The maximum Gasteiger partial charge on any atom is 0.320 e. The lowest BCUT2D eigenvalue weighted by molar-refractivity contribution is -0.165. The van der Waals surface area contributed by atoms with Crippen molar-refractivity contribution in [1.82, 2.24) is 0 Å². The molecular weight excluding hydrogens is 398 g/mol. The van der Waals surface area contributed by atoms with Crippen LogP contribution in [0.3, 0.4) is 0 Å². The number of thiocarbonyl (C=S) groups is 1. The van der Waals surface area contributed by atoms with Crippen LogP contribution in [0, 0.1) is 17.8 Å². The zero-order valence-electron chi connectivity index (χ0n) is 17.5. The van der Waals surface area contributed by atoms with E-state index in [-0.39, 0.29) is 31.1 Å². The Morgan fingerprint density at radius 1 is 0.933 bits per heavy atom. The molecule has 30 heavy (non-hydrogen) atoms. The van der Waals surface area contributed by atoms with E-state index in [1.54, 1.807) is 13.8 Å². The minimum atomic E-state index is -1.02. The summed E-state index contributed by atoms with van der Waals surface area (Å²) in [7, 11) is 0. The SMILES string of the molecule is CCOC(=O)C(C(=O)OCC)[C@H](C)[C@@H]1C(=S)N(c2ccccc2)[C@@H]1c1ccccc1. The van der Waals surface area contributed by atoms with Gasteiger partial charge in [-0.1, -0.05) is 67.7 Å². The van der Waals surface area contributed by atoms with Crippen LogP contribution in [0.25, 0.3) is 0 Å². The molecule has 0 saturated carbocycles. The van der Waals surface area contributed by atoms with Crippen LogP contribution >= 0.6 is 12.2 Å². The summed E-state index contributed by atoms with van der Waals surface area (Å²) in [4.78, 5) is 28.1. The molecule has 0 radical (unpaired) electrons. The second-order valence-corrected chi connectivity index (χ2v) is 7.68. The van der Waals surface area contributed by atoms with Crippen LogP contribution in [-0.4, -0.2) is 30.1 Å². The highest BCUT2D eigenvalue weighted by Gasteiger charge is 2.53. The van der Waals surface area contributed by atoms with Crippen molar-refractivity contribution >= 4 is 34.8 Å². The largest absolute Gasteiger partial charge is 0.465 e. The summed E-state index contributed by atoms with van der Waals surface area (Å²) >= 11 is 5.81. The van der Waals surface area contributed by atoms with Crippen LogP contribution < -0.4 is 4.90 Å². The monoisotopic (exact) mass is 425 g/mol. The van der Waals surface area contributed by atoms with Gasteiger partial charge in [0.25, 0.3) is 0 Å². The Labute approximate surface area is 183 Å². The van der Waals surface area contributed by atoms with Gasteiger partial charge in [0.2, 0.25) is 0 Å². The molecule has 3 atom stereocenters. The zero-order valence-corrected chi connectivity index (χ0v) is 18.3. The van der Waals surface area contributed by atoms with E-state index in [0.717, 1.165) is 11.3 Å². The van der Waals surface area contributed by atoms with Crippen LogP contribution in [0.1, 0.15) is 32.4 Å². The van der Waals surface area contributed by atoms with Crippen LogP contribution in [0.4, 0.5) is 5.69 Å². The molecule has 0 amide bonds. The van der Waals surface area contributed by atoms with E-state index in [9.17, 15) is 9.59 Å². The zero-order chi connectivity index (χ0) is 21.7. The molecule has 0 spiro atoms. The standard InChI is InChI=1S/C24H27NO4S/c1-4-28-23(26)20(24(27)29-5-2)16(3)19-21(17-12-8-6-9-13-17)25(22(19)30)18-14-10-7-11-15-18/h6-16,19-21H,4-5H2,1-3H3/t16-,19+,21-/m1/s1. The molecule has 3 rings (SSSR count). The highest BCUT2D eigenvalue weighted by atomic mass is 32.1. The number of benzene rings is 2. The van der Waals surface area contributed by atoms with Gasteiger partial charge in [0.05, 0.1) is 24.2 Å². The topological polar surface area (TPSA) is 55.8 Å². The van der Waals surface area contributed by atoms with E-state index in [4.69, 9.17) is 21.7 Å². The van der Waals surface area contributed by atoms with Crippen LogP contribution in [-0.2, 0) is 19.1 Å². The molecule has 1 aliphatic rings. The highest BCUT2D eigenvalue weighted by Crippen LogP contribution is 2.49. The predicted molar refractivity (Wildman–Crippen MR) is 120 cm³/mol. The first-order valence-corrected chi connectivity index (χ1v) is 10.7. The number of hydrogen-bond acceptors (Lipinski definition) is 5. The Morgan fingerprint density at radius 3 is 1.93 bits per heavy atom. The first kappa shape index (κ1) is 22.0. The summed E-state index contributed by atoms with van der Waals surface area (Å²) in [5, 5.41) is 0. The number of carbonyl (C=O) groups excluding carboxylic acids is 2. The number of nitrogens with zero attached hydrogens (tertiary/aromatic N) is 1. The van der Waals surface area contributed by atoms with Gasteiger partial charge in [-0.2, -0.15) is 0 Å². The lowest BCUT2D eigenvalue weighted by Crippen LogP contribution is -2.58. The number of anilines is 1. The number of ether oxygens (including phenoxy) is 2. The minimum absolute atomic E-state index is 0.0811. The second-order valence-electron chi connectivity index (χ2n) is 7.27. The number of carbonyl (C=O) groups is 2. The van der Waals surface area contributed by atoms with Gasteiger partial charge in [-0.25, -0.2) is 0 Å². The normalized spacial score (nSPS) is 19.2. The summed E-state index contributed by atoms with van der Waals surface area (Å²) in [6.45, 7) is 5.74. The van der Waals surface area contributed by atoms with Gasteiger partial charge in [-0.05, 0) is 37.5 Å². The van der Waals surface area contributed by atoms with Gasteiger partial charge >= 0.3 is 11.9 Å². The van der Waals surface area contributed by atoms with Crippen molar-refractivity contribution in [2.45, 2.75) is 26.8 Å². The van der Waals surface area contributed by atoms with Crippen molar-refractivity contribution in [1.29, 1.82) is 0 Å². The van der Waals surface area contributed by atoms with E-state index in [1.165, 1.54) is 0 Å². The molecule has 1 saturated heterocycles. The van der Waals surface area contributed by atoms with Crippen molar-refractivity contribution in [2.24, 2.45) is 17.8 Å². The molecule has 6 heteroatoms. The summed E-state index contributed by atoms with van der Waals surface area (Å²) in [5.41, 5.74) is 2.07. The lowest BCUT2D eigenvalue weighted by Gasteiger charge is -2.53. The molecule has 5 nitrogen and oxygen atoms in total. The minimum Gasteiger partial charge on any atom is -0.465 e. The van der Waals surface area contributed by atoms with Crippen LogP contribution in [0.5, 0.6) is 0 Å². The first-order chi connectivity index (χ1) is 14.5. The van der Waals surface area contributed by atoms with E-state index in [2.05, 4.69) is 4.90 Å². The number of para-hydroxylation sites is 1. The fraction of sp³-hybridized carbons (Fsp3) is 0.375. The second kappa shape index (κ2) is 9.85. The van der Waals surface area contributed by atoms with Gasteiger partial charge in [0.1, 0.15) is 0 Å². The molecule has 2 aromatic carbocycles. The fourth-order valence-electron chi connectivity index (χ4n) is 4.10. The van der Waals surface area contributed by atoms with E-state index in [0.29, 0.717) is 4.99 Å². The van der Waals surface area contributed by atoms with Gasteiger partial charge in [0, 0.05) is 11.6 Å². The molecule has 0 N–H and O–H groups in total. The van der Waals surface area contributed by atoms with E-state index in [1.807, 2.05) is 67.6 Å². The molecule has 1 aliphatic heterocycles. The van der Waals surface area contributed by atoms with Crippen LogP contribution in [0.15, 0.2) is 60.7 Å². The van der Waals surface area contributed by atoms with Crippen LogP contribution in [0.2, 0.25) is 0 Å². The molecule has 0 unspecified atom stereocenters. The van der Waals surface area contributed by atoms with Gasteiger partial charge in [0.15, 0.2) is 5.92 Å². The van der Waals surface area contributed by atoms with Gasteiger partial charge in [-0.15, -0.1) is 0 Å². The Kier molecular flexibility index (Phi) is 7.21. The fourth-order valence-corrected chi connectivity index (χ4v) is 4.67. The number of rotatable bonds is 8. The average molecular weight is 426 g/mol. The first-order valence-electron chi connectivity index (χ1n) is 10.3. The summed E-state index contributed by atoms with van der Waals surface area (Å²) < 4.78 is 10.4. The average Bonchev–Trinajstić information content (AvgIpc) is 2.74. The Balaban J connectivity index is 1.98. The van der Waals surface area contributed by atoms with Crippen molar-refractivity contribution in [3.8, 4) is 0 Å². The number of hydrogen-bond donors (Lipinski definition) is 0. The Hall–Kier alpha value is -2.73. The van der Waals surface area contributed by atoms with E-state index >= 15 is 0 Å². The smallest absolute Gasteiger partial charge is 0.320 e. The molecule has 1 heterocycles. The lowest BCUT2D eigenvalue weighted by atomic mass is 9.70. The van der Waals surface area contributed by atoms with Gasteiger partial charge < -0.3 is 14.4 Å². The number of esters is 2. The Bertz CT molecular complexity index is 869. The van der Waals surface area contributed by atoms with E-state index < -0.39 is 17.9 Å². The predicted octanol–water partition coefficient (Wildman–Crippen LogP) is 4.57. The molecular formula is C24H27NO4S. The molecule has 2 aromatic rings. The summed E-state index contributed by atoms with van der Waals surface area (Å²) in [5.74, 6) is -2.69. The van der Waals surface area contributed by atoms with Crippen molar-refractivity contribution in [3.63, 3.8) is 0 Å². The molecule has 0 aliphatic carbocycles. The molecule has 0 bridgehead atoms. The van der Waals surface area contributed by atoms with Gasteiger partial charge in [-0.3, -0.25) is 9.59 Å². The third kappa shape index (κ3) is 4.24. The maximum absolute atomic E-state index is 12.7.